The minimum atomic E-state index is -4.59. The normalized spacial score (nSPS) is 11.5. The van der Waals surface area contributed by atoms with Gasteiger partial charge >= 0.3 is 12.2 Å². The Morgan fingerprint density at radius 3 is 2.46 bits per heavy atom. The van der Waals surface area contributed by atoms with Crippen LogP contribution < -0.4 is 10.1 Å². The lowest BCUT2D eigenvalue weighted by Crippen LogP contribution is -2.12. The second-order valence-electron chi connectivity index (χ2n) is 6.59. The maximum Gasteiger partial charge on any atom is 0.421 e. The molecule has 0 aliphatic rings. The molecule has 3 rings (SSSR count). The predicted molar refractivity (Wildman–Crippen MR) is 102 cm³/mol. The molecule has 2 aromatic carbocycles. The first kappa shape index (κ1) is 19.7. The summed E-state index contributed by atoms with van der Waals surface area (Å²) >= 11 is 0. The van der Waals surface area contributed by atoms with Crippen molar-refractivity contribution >= 4 is 11.5 Å². The molecule has 0 radical (unpaired) electrons. The van der Waals surface area contributed by atoms with E-state index in [2.05, 4.69) is 15.3 Å². The third kappa shape index (κ3) is 5.00. The fourth-order valence-corrected chi connectivity index (χ4v) is 2.57. The summed E-state index contributed by atoms with van der Waals surface area (Å²) in [6.07, 6.45) is -3.85. The molecule has 0 fully saturated rings. The average molecular weight is 387 g/mol. The second-order valence-corrected chi connectivity index (χ2v) is 6.59. The van der Waals surface area contributed by atoms with E-state index >= 15 is 0 Å². The van der Waals surface area contributed by atoms with Gasteiger partial charge in [-0.1, -0.05) is 56.3 Å². The van der Waals surface area contributed by atoms with Gasteiger partial charge in [-0.05, 0) is 29.2 Å². The van der Waals surface area contributed by atoms with Crippen molar-refractivity contribution < 1.29 is 17.9 Å². The SMILES string of the molecule is CC(C)c1cccc(Nc2nc(OCc3ccccc3)ncc2C(F)(F)F)c1. The lowest BCUT2D eigenvalue weighted by Gasteiger charge is -2.15. The third-order valence-corrected chi connectivity index (χ3v) is 4.10. The Labute approximate surface area is 161 Å². The summed E-state index contributed by atoms with van der Waals surface area (Å²) in [5.74, 6) is -0.0922. The third-order valence-electron chi connectivity index (χ3n) is 4.10. The summed E-state index contributed by atoms with van der Waals surface area (Å²) in [5, 5.41) is 2.76. The molecule has 1 heterocycles. The molecule has 4 nitrogen and oxygen atoms in total. The van der Waals surface area contributed by atoms with Gasteiger partial charge in [0.25, 0.3) is 0 Å². The highest BCUT2D eigenvalue weighted by Crippen LogP contribution is 2.35. The first-order chi connectivity index (χ1) is 13.3. The van der Waals surface area contributed by atoms with E-state index in [0.29, 0.717) is 5.69 Å². The van der Waals surface area contributed by atoms with Crippen LogP contribution in [-0.4, -0.2) is 9.97 Å². The minimum Gasteiger partial charge on any atom is -0.459 e. The lowest BCUT2D eigenvalue weighted by molar-refractivity contribution is -0.137. The van der Waals surface area contributed by atoms with Gasteiger partial charge in [0.05, 0.1) is 0 Å². The van der Waals surface area contributed by atoms with E-state index in [9.17, 15) is 13.2 Å². The van der Waals surface area contributed by atoms with E-state index < -0.39 is 11.7 Å². The summed E-state index contributed by atoms with van der Waals surface area (Å²) in [7, 11) is 0. The zero-order chi connectivity index (χ0) is 20.1. The monoisotopic (exact) mass is 387 g/mol. The van der Waals surface area contributed by atoms with Crippen LogP contribution in [0.15, 0.2) is 60.8 Å². The van der Waals surface area contributed by atoms with Gasteiger partial charge in [0.1, 0.15) is 18.0 Å². The molecule has 0 aliphatic carbocycles. The zero-order valence-electron chi connectivity index (χ0n) is 15.5. The number of nitrogens with one attached hydrogen (secondary N) is 1. The molecule has 0 atom stereocenters. The van der Waals surface area contributed by atoms with Crippen molar-refractivity contribution in [1.29, 1.82) is 0 Å². The van der Waals surface area contributed by atoms with Gasteiger partial charge < -0.3 is 10.1 Å². The number of nitrogens with zero attached hydrogens (tertiary/aromatic N) is 2. The van der Waals surface area contributed by atoms with Crippen molar-refractivity contribution in [3.8, 4) is 6.01 Å². The van der Waals surface area contributed by atoms with Crippen LogP contribution in [0.3, 0.4) is 0 Å². The average Bonchev–Trinajstić information content (AvgIpc) is 2.66. The van der Waals surface area contributed by atoms with Crippen molar-refractivity contribution in [2.75, 3.05) is 5.32 Å². The molecule has 0 aliphatic heterocycles. The first-order valence-electron chi connectivity index (χ1n) is 8.81. The zero-order valence-corrected chi connectivity index (χ0v) is 15.5. The number of halogens is 3. The summed E-state index contributed by atoms with van der Waals surface area (Å²) in [6.45, 7) is 4.19. The van der Waals surface area contributed by atoms with Crippen LogP contribution in [-0.2, 0) is 12.8 Å². The van der Waals surface area contributed by atoms with Gasteiger partial charge in [0.15, 0.2) is 0 Å². The topological polar surface area (TPSA) is 47.0 Å². The van der Waals surface area contributed by atoms with Gasteiger partial charge in [0, 0.05) is 11.9 Å². The Hall–Kier alpha value is -3.09. The lowest BCUT2D eigenvalue weighted by atomic mass is 10.0. The van der Waals surface area contributed by atoms with Crippen molar-refractivity contribution in [2.24, 2.45) is 0 Å². The molecule has 3 aromatic rings. The molecule has 0 spiro atoms. The molecule has 0 unspecified atom stereocenters. The Morgan fingerprint density at radius 1 is 1.04 bits per heavy atom. The molecular formula is C21H20F3N3O. The maximum atomic E-state index is 13.4. The molecule has 0 saturated carbocycles. The van der Waals surface area contributed by atoms with Gasteiger partial charge in [-0.25, -0.2) is 4.98 Å². The Morgan fingerprint density at radius 2 is 1.79 bits per heavy atom. The Kier molecular flexibility index (Phi) is 5.82. The Bertz CT molecular complexity index is 928. The highest BCUT2D eigenvalue weighted by molar-refractivity contribution is 5.61. The van der Waals surface area contributed by atoms with Crippen molar-refractivity contribution in [3.05, 3.63) is 77.5 Å². The number of hydrogen-bond donors (Lipinski definition) is 1. The van der Waals surface area contributed by atoms with E-state index in [0.717, 1.165) is 17.3 Å². The van der Waals surface area contributed by atoms with Crippen molar-refractivity contribution in [1.82, 2.24) is 9.97 Å². The van der Waals surface area contributed by atoms with Crippen LogP contribution in [0.5, 0.6) is 6.01 Å². The van der Waals surface area contributed by atoms with Crippen LogP contribution in [0.2, 0.25) is 0 Å². The maximum absolute atomic E-state index is 13.4. The number of rotatable bonds is 6. The quantitative estimate of drug-likeness (QED) is 0.568. The van der Waals surface area contributed by atoms with Gasteiger partial charge in [0.2, 0.25) is 0 Å². The van der Waals surface area contributed by atoms with Gasteiger partial charge in [-0.2, -0.15) is 18.2 Å². The number of aromatic nitrogens is 2. The first-order valence-corrected chi connectivity index (χ1v) is 8.81. The Balaban J connectivity index is 1.87. The minimum absolute atomic E-state index is 0.126. The largest absolute Gasteiger partial charge is 0.459 e. The molecule has 1 aromatic heterocycles. The van der Waals surface area contributed by atoms with Crippen LogP contribution in [0.25, 0.3) is 0 Å². The summed E-state index contributed by atoms with van der Waals surface area (Å²) in [4.78, 5) is 7.67. The highest BCUT2D eigenvalue weighted by atomic mass is 19.4. The molecule has 1 N–H and O–H groups in total. The van der Waals surface area contributed by atoms with E-state index in [4.69, 9.17) is 4.74 Å². The number of hydrogen-bond acceptors (Lipinski definition) is 4. The van der Waals surface area contributed by atoms with Crippen LogP contribution >= 0.6 is 0 Å². The summed E-state index contributed by atoms with van der Waals surface area (Å²) < 4.78 is 45.6. The van der Waals surface area contributed by atoms with E-state index in [-0.39, 0.29) is 24.4 Å². The molecular weight excluding hydrogens is 367 g/mol. The second kappa shape index (κ2) is 8.29. The van der Waals surface area contributed by atoms with E-state index in [1.165, 1.54) is 0 Å². The molecule has 0 saturated heterocycles. The van der Waals surface area contributed by atoms with Crippen LogP contribution in [0, 0.1) is 0 Å². The van der Waals surface area contributed by atoms with Gasteiger partial charge in [-0.3, -0.25) is 0 Å². The highest BCUT2D eigenvalue weighted by Gasteiger charge is 2.35. The van der Waals surface area contributed by atoms with Crippen LogP contribution in [0.4, 0.5) is 24.7 Å². The fourth-order valence-electron chi connectivity index (χ4n) is 2.57. The number of benzene rings is 2. The van der Waals surface area contributed by atoms with E-state index in [1.807, 2.05) is 50.2 Å². The predicted octanol–water partition coefficient (Wildman–Crippen LogP) is 5.94. The standard InChI is InChI=1S/C21H20F3N3O/c1-14(2)16-9-6-10-17(11-16)26-19-18(21(22,23)24)12-25-20(27-19)28-13-15-7-4-3-5-8-15/h3-12,14H,13H2,1-2H3,(H,25,26,27). The summed E-state index contributed by atoms with van der Waals surface area (Å²) in [5.41, 5.74) is 1.44. The smallest absolute Gasteiger partial charge is 0.421 e. The summed E-state index contributed by atoms with van der Waals surface area (Å²) in [6, 6.07) is 16.3. The fraction of sp³-hybridized carbons (Fsp3) is 0.238. The number of anilines is 2. The van der Waals surface area contributed by atoms with Crippen LogP contribution in [0.1, 0.15) is 36.5 Å². The van der Waals surface area contributed by atoms with Gasteiger partial charge in [-0.15, -0.1) is 0 Å². The molecule has 7 heteroatoms. The van der Waals surface area contributed by atoms with E-state index in [1.54, 1.807) is 18.2 Å². The van der Waals surface area contributed by atoms with Crippen molar-refractivity contribution in [2.45, 2.75) is 32.5 Å². The number of alkyl halides is 3. The molecule has 146 valence electrons. The molecule has 0 bridgehead atoms. The molecule has 0 amide bonds. The molecule has 28 heavy (non-hydrogen) atoms. The number of ether oxygens (including phenoxy) is 1. The van der Waals surface area contributed by atoms with Crippen molar-refractivity contribution in [3.63, 3.8) is 0 Å².